The maximum Gasteiger partial charge on any atom is 0.262 e. The molecule has 0 aliphatic heterocycles. The van der Waals surface area contributed by atoms with E-state index >= 15 is 0 Å². The highest BCUT2D eigenvalue weighted by molar-refractivity contribution is 7.12. The molecule has 6 nitrogen and oxygen atoms in total. The first-order chi connectivity index (χ1) is 12.8. The van der Waals surface area contributed by atoms with E-state index in [1.165, 1.54) is 11.3 Å². The van der Waals surface area contributed by atoms with E-state index in [1.54, 1.807) is 24.5 Å². The van der Waals surface area contributed by atoms with Gasteiger partial charge >= 0.3 is 0 Å². The quantitative estimate of drug-likeness (QED) is 0.584. The maximum atomic E-state index is 12.6. The number of aromatic nitrogens is 3. The van der Waals surface area contributed by atoms with E-state index in [0.717, 1.165) is 16.7 Å². The molecule has 0 saturated carbocycles. The van der Waals surface area contributed by atoms with Crippen molar-refractivity contribution in [3.05, 3.63) is 77.1 Å². The second-order valence-corrected chi connectivity index (χ2v) is 6.38. The van der Waals surface area contributed by atoms with E-state index in [0.29, 0.717) is 16.6 Å². The van der Waals surface area contributed by atoms with Crippen LogP contribution in [0.1, 0.15) is 15.6 Å². The minimum atomic E-state index is -0.164. The normalized spacial score (nSPS) is 10.6. The van der Waals surface area contributed by atoms with Gasteiger partial charge in [-0.2, -0.15) is 4.98 Å². The molecule has 0 atom stereocenters. The van der Waals surface area contributed by atoms with Crippen LogP contribution in [0.15, 0.2) is 70.8 Å². The molecular formula is C19H14N4O2S. The van der Waals surface area contributed by atoms with E-state index in [-0.39, 0.29) is 12.5 Å². The Kier molecular flexibility index (Phi) is 4.53. The maximum absolute atomic E-state index is 12.6. The molecule has 7 heteroatoms. The highest BCUT2D eigenvalue weighted by Crippen LogP contribution is 2.28. The number of nitrogens with zero attached hydrogens (tertiary/aromatic N) is 3. The van der Waals surface area contributed by atoms with Crippen molar-refractivity contribution in [1.29, 1.82) is 0 Å². The number of carbonyl (C=O) groups excluding carboxylic acids is 1. The van der Waals surface area contributed by atoms with Crippen molar-refractivity contribution in [2.45, 2.75) is 6.54 Å². The number of benzene rings is 1. The van der Waals surface area contributed by atoms with Gasteiger partial charge in [-0.25, -0.2) is 0 Å². The van der Waals surface area contributed by atoms with Crippen LogP contribution in [0.4, 0.5) is 0 Å². The van der Waals surface area contributed by atoms with Gasteiger partial charge < -0.3 is 9.84 Å². The largest absolute Gasteiger partial charge is 0.342 e. The Bertz CT molecular complexity index is 1010. The molecule has 0 bridgehead atoms. The number of carbonyl (C=O) groups is 1. The zero-order chi connectivity index (χ0) is 17.8. The van der Waals surface area contributed by atoms with Gasteiger partial charge in [-0.15, -0.1) is 11.3 Å². The van der Waals surface area contributed by atoms with Crippen molar-refractivity contribution in [3.8, 4) is 22.5 Å². The van der Waals surface area contributed by atoms with Gasteiger partial charge in [0.15, 0.2) is 0 Å². The predicted molar refractivity (Wildman–Crippen MR) is 98.5 cm³/mol. The molecule has 26 heavy (non-hydrogen) atoms. The summed E-state index contributed by atoms with van der Waals surface area (Å²) in [5.41, 5.74) is 2.73. The van der Waals surface area contributed by atoms with Crippen LogP contribution in [0.25, 0.3) is 22.5 Å². The molecule has 0 spiro atoms. The SMILES string of the molecule is O=C(NCc1nc(-c2ccncc2)no1)c1sccc1-c1ccccc1. The number of thiophene rings is 1. The summed E-state index contributed by atoms with van der Waals surface area (Å²) in [4.78, 5) is 21.5. The van der Waals surface area contributed by atoms with E-state index in [2.05, 4.69) is 20.4 Å². The summed E-state index contributed by atoms with van der Waals surface area (Å²) >= 11 is 1.40. The molecule has 1 N–H and O–H groups in total. The van der Waals surface area contributed by atoms with Crippen molar-refractivity contribution < 1.29 is 9.32 Å². The molecular weight excluding hydrogens is 348 g/mol. The smallest absolute Gasteiger partial charge is 0.262 e. The average molecular weight is 362 g/mol. The predicted octanol–water partition coefficient (Wildman–Crippen LogP) is 3.79. The van der Waals surface area contributed by atoms with Gasteiger partial charge in [0.05, 0.1) is 11.4 Å². The number of amides is 1. The summed E-state index contributed by atoms with van der Waals surface area (Å²) in [5.74, 6) is 0.656. The summed E-state index contributed by atoms with van der Waals surface area (Å²) in [6.45, 7) is 0.170. The first-order valence-electron chi connectivity index (χ1n) is 7.95. The molecule has 0 radical (unpaired) electrons. The van der Waals surface area contributed by atoms with Crippen LogP contribution in [0.2, 0.25) is 0 Å². The number of pyridine rings is 1. The zero-order valence-electron chi connectivity index (χ0n) is 13.6. The molecule has 0 aliphatic carbocycles. The van der Waals surface area contributed by atoms with Gasteiger partial charge in [0.1, 0.15) is 0 Å². The van der Waals surface area contributed by atoms with Gasteiger partial charge in [0.2, 0.25) is 11.7 Å². The van der Waals surface area contributed by atoms with Crippen LogP contribution in [-0.4, -0.2) is 21.0 Å². The van der Waals surface area contributed by atoms with Crippen molar-refractivity contribution in [1.82, 2.24) is 20.4 Å². The monoisotopic (exact) mass is 362 g/mol. The fourth-order valence-corrected chi connectivity index (χ4v) is 3.34. The lowest BCUT2D eigenvalue weighted by Crippen LogP contribution is -2.22. The van der Waals surface area contributed by atoms with Gasteiger partial charge in [0, 0.05) is 23.5 Å². The van der Waals surface area contributed by atoms with Crippen molar-refractivity contribution in [2.24, 2.45) is 0 Å². The standard InChI is InChI=1S/C19H14N4O2S/c24-19(17-15(8-11-26-17)13-4-2-1-3-5-13)21-12-16-22-18(23-25-16)14-6-9-20-10-7-14/h1-11H,12H2,(H,21,24). The minimum absolute atomic E-state index is 0.164. The summed E-state index contributed by atoms with van der Waals surface area (Å²) < 4.78 is 5.21. The van der Waals surface area contributed by atoms with Crippen LogP contribution in [0, 0.1) is 0 Å². The summed E-state index contributed by atoms with van der Waals surface area (Å²) in [5, 5.41) is 8.68. The zero-order valence-corrected chi connectivity index (χ0v) is 14.4. The highest BCUT2D eigenvalue weighted by Gasteiger charge is 2.16. The fraction of sp³-hybridized carbons (Fsp3) is 0.0526. The highest BCUT2D eigenvalue weighted by atomic mass is 32.1. The van der Waals surface area contributed by atoms with Crippen molar-refractivity contribution in [3.63, 3.8) is 0 Å². The first-order valence-corrected chi connectivity index (χ1v) is 8.83. The third-order valence-corrected chi connectivity index (χ3v) is 4.68. The number of rotatable bonds is 5. The van der Waals surface area contributed by atoms with Crippen LogP contribution in [-0.2, 0) is 6.54 Å². The molecule has 0 saturated heterocycles. The van der Waals surface area contributed by atoms with E-state index < -0.39 is 0 Å². The Hall–Kier alpha value is -3.32. The second-order valence-electron chi connectivity index (χ2n) is 5.46. The van der Waals surface area contributed by atoms with Gasteiger partial charge in [-0.3, -0.25) is 9.78 Å². The molecule has 0 fully saturated rings. The summed E-state index contributed by atoms with van der Waals surface area (Å²) in [6.07, 6.45) is 3.32. The third kappa shape index (κ3) is 3.38. The first kappa shape index (κ1) is 16.2. The van der Waals surface area contributed by atoms with E-state index in [1.807, 2.05) is 41.8 Å². The van der Waals surface area contributed by atoms with Crippen LogP contribution >= 0.6 is 11.3 Å². The molecule has 3 aromatic heterocycles. The minimum Gasteiger partial charge on any atom is -0.342 e. The lowest BCUT2D eigenvalue weighted by atomic mass is 10.1. The molecule has 4 rings (SSSR count). The lowest BCUT2D eigenvalue weighted by molar-refractivity contribution is 0.0951. The molecule has 1 amide bonds. The van der Waals surface area contributed by atoms with Gasteiger partial charge in [0.25, 0.3) is 5.91 Å². The molecule has 1 aromatic carbocycles. The number of hydrogen-bond donors (Lipinski definition) is 1. The van der Waals surface area contributed by atoms with E-state index in [4.69, 9.17) is 4.52 Å². The van der Waals surface area contributed by atoms with Crippen molar-refractivity contribution >= 4 is 17.2 Å². The molecule has 128 valence electrons. The Morgan fingerprint density at radius 2 is 1.85 bits per heavy atom. The molecule has 3 heterocycles. The lowest BCUT2D eigenvalue weighted by Gasteiger charge is -2.04. The molecule has 0 unspecified atom stereocenters. The van der Waals surface area contributed by atoms with Gasteiger partial charge in [-0.1, -0.05) is 35.5 Å². The van der Waals surface area contributed by atoms with E-state index in [9.17, 15) is 4.79 Å². The van der Waals surface area contributed by atoms with Gasteiger partial charge in [-0.05, 0) is 29.1 Å². The van der Waals surface area contributed by atoms with Crippen molar-refractivity contribution in [2.75, 3.05) is 0 Å². The fourth-order valence-electron chi connectivity index (χ4n) is 2.51. The topological polar surface area (TPSA) is 80.9 Å². The molecule has 0 aliphatic rings. The Morgan fingerprint density at radius 3 is 2.65 bits per heavy atom. The average Bonchev–Trinajstić information content (AvgIpc) is 3.37. The number of nitrogens with one attached hydrogen (secondary N) is 1. The second kappa shape index (κ2) is 7.28. The Balaban J connectivity index is 1.46. The van der Waals surface area contributed by atoms with Crippen LogP contribution in [0.3, 0.4) is 0 Å². The Labute approximate surface area is 153 Å². The number of hydrogen-bond acceptors (Lipinski definition) is 6. The summed E-state index contributed by atoms with van der Waals surface area (Å²) in [6, 6.07) is 15.4. The Morgan fingerprint density at radius 1 is 1.04 bits per heavy atom. The molecule has 4 aromatic rings. The van der Waals surface area contributed by atoms with Crippen LogP contribution < -0.4 is 5.32 Å². The summed E-state index contributed by atoms with van der Waals surface area (Å²) in [7, 11) is 0. The van der Waals surface area contributed by atoms with Crippen LogP contribution in [0.5, 0.6) is 0 Å². The third-order valence-electron chi connectivity index (χ3n) is 3.76.